The number of carbonyl (C=O) groups is 2. The normalized spacial score (nSPS) is 40.3. The number of hydrogen-bond acceptors (Lipinski definition) is 14. The summed E-state index contributed by atoms with van der Waals surface area (Å²) in [4.78, 5) is 25.8. The van der Waals surface area contributed by atoms with E-state index in [0.29, 0.717) is 31.2 Å². The van der Waals surface area contributed by atoms with E-state index in [9.17, 15) is 30.0 Å². The number of nitrogens with zero attached hydrogens (tertiary/aromatic N) is 1. The van der Waals surface area contributed by atoms with Gasteiger partial charge in [-0.15, -0.1) is 0 Å². The largest absolute Gasteiger partial charge is 0.460 e. The lowest BCUT2D eigenvalue weighted by molar-refractivity contribution is -0.210. The number of aliphatic hydroxyl groups is 5. The molecule has 0 aromatic carbocycles. The number of aliphatic hydroxyl groups excluding tert-OH is 4. The Kier molecular flexibility index (Phi) is 26.9. The summed E-state index contributed by atoms with van der Waals surface area (Å²) in [6.45, 7) is 23.4. The van der Waals surface area contributed by atoms with Crippen molar-refractivity contribution in [3.8, 4) is 0 Å². The van der Waals surface area contributed by atoms with Gasteiger partial charge in [-0.25, -0.2) is 0 Å². The number of ether oxygens (including phenoxy) is 5. The topological polar surface area (TPSA) is 197 Å². The van der Waals surface area contributed by atoms with Crippen LogP contribution in [0.3, 0.4) is 0 Å². The van der Waals surface area contributed by atoms with Gasteiger partial charge in [-0.3, -0.25) is 9.59 Å². The molecule has 53 heavy (non-hydrogen) atoms. The van der Waals surface area contributed by atoms with Crippen molar-refractivity contribution in [3.05, 3.63) is 0 Å². The molecule has 0 spiro atoms. The Bertz CT molecular complexity index is 978. The molecule has 0 aromatic heterocycles. The van der Waals surface area contributed by atoms with Crippen LogP contribution in [0.15, 0.2) is 0 Å². The molecular formula is C39H80N2O12. The van der Waals surface area contributed by atoms with Crippen LogP contribution in [-0.2, 0) is 33.3 Å². The van der Waals surface area contributed by atoms with Crippen LogP contribution in [0.2, 0.25) is 0 Å². The van der Waals surface area contributed by atoms with Gasteiger partial charge in [0, 0.05) is 45.6 Å². The van der Waals surface area contributed by atoms with E-state index in [4.69, 9.17) is 28.8 Å². The molecule has 14 heteroatoms. The van der Waals surface area contributed by atoms with E-state index in [-0.39, 0.29) is 42.3 Å². The molecule has 0 aliphatic carbocycles. The first-order valence-corrected chi connectivity index (χ1v) is 19.5. The average Bonchev–Trinajstić information content (AvgIpc) is 3.13. The number of carbonyl (C=O) groups excluding carboxylic acids is 2. The zero-order valence-corrected chi connectivity index (χ0v) is 35.9. The van der Waals surface area contributed by atoms with Gasteiger partial charge in [0.25, 0.3) is 0 Å². The van der Waals surface area contributed by atoms with Gasteiger partial charge in [0.2, 0.25) is 0 Å². The summed E-state index contributed by atoms with van der Waals surface area (Å²) >= 11 is 0. The fourth-order valence-corrected chi connectivity index (χ4v) is 6.84. The number of ketones is 1. The Morgan fingerprint density at radius 3 is 1.89 bits per heavy atom. The molecule has 4 aliphatic heterocycles. The Labute approximate surface area is 321 Å². The maximum absolute atomic E-state index is 12.2. The van der Waals surface area contributed by atoms with Gasteiger partial charge in [0.15, 0.2) is 18.4 Å². The number of hydrogen-bond donors (Lipinski definition) is 6. The van der Waals surface area contributed by atoms with Crippen LogP contribution in [-0.4, -0.2) is 150 Å². The molecule has 0 radical (unpaired) electrons. The van der Waals surface area contributed by atoms with E-state index in [1.165, 1.54) is 7.11 Å². The van der Waals surface area contributed by atoms with E-state index in [0.717, 1.165) is 26.5 Å². The lowest BCUT2D eigenvalue weighted by Gasteiger charge is -2.39. The van der Waals surface area contributed by atoms with Crippen LogP contribution in [0.1, 0.15) is 122 Å². The summed E-state index contributed by atoms with van der Waals surface area (Å²) in [7, 11) is 6.54. The maximum Gasteiger partial charge on any atom is 0.309 e. The van der Waals surface area contributed by atoms with Crippen molar-refractivity contribution in [2.24, 2.45) is 11.8 Å². The molecule has 14 atom stereocenters. The smallest absolute Gasteiger partial charge is 0.309 e. The van der Waals surface area contributed by atoms with E-state index in [2.05, 4.69) is 17.1 Å². The molecule has 6 N–H and O–H groups in total. The molecule has 2 bridgehead atoms. The maximum atomic E-state index is 12.2. The number of nitrogens with one attached hydrogen (secondary N) is 1. The number of fused-ring (bicyclic) bond motifs is 2. The molecule has 4 rings (SSSR count). The molecule has 4 saturated heterocycles. The second-order valence-corrected chi connectivity index (χ2v) is 14.9. The second kappa shape index (κ2) is 26.5. The Hall–Kier alpha value is -1.30. The van der Waals surface area contributed by atoms with Crippen LogP contribution in [0.4, 0.5) is 0 Å². The van der Waals surface area contributed by atoms with Crippen molar-refractivity contribution in [2.75, 3.05) is 34.9 Å². The summed E-state index contributed by atoms with van der Waals surface area (Å²) in [6, 6.07) is 0.385. The highest BCUT2D eigenvalue weighted by Crippen LogP contribution is 2.31. The average molecular weight is 769 g/mol. The highest BCUT2D eigenvalue weighted by atomic mass is 16.6. The quantitative estimate of drug-likeness (QED) is 0.224. The van der Waals surface area contributed by atoms with Gasteiger partial charge >= 0.3 is 5.97 Å². The lowest BCUT2D eigenvalue weighted by atomic mass is 9.85. The Balaban J connectivity index is 0. The summed E-state index contributed by atoms with van der Waals surface area (Å²) in [5.41, 5.74) is -1.76. The van der Waals surface area contributed by atoms with Gasteiger partial charge in [0.05, 0.1) is 23.7 Å². The molecule has 0 saturated carbocycles. The van der Waals surface area contributed by atoms with Crippen molar-refractivity contribution in [1.82, 2.24) is 10.2 Å². The molecule has 0 aromatic rings. The minimum absolute atomic E-state index is 0.0810. The standard InChI is InChI=1S/C18H33NO5.C8H17NO2.C8H14O4.2C2H6.CH4O/c1-10-7-18(5,22)8-14-6-11(2)17(21)23-13(4)15(20)16(24-14)12(3)19-9-10;1-6-4-7(9(2)3)5-8(10)11-6;1-5-7(10)8(2,11-3)4-6(9)12-5;3*1-2/h10-16,19-20,22H,6-9H2,1-5H3;6-8,10H,4-5H2,1-3H3;5-6,9H,4H2,1-3H3;2*1-2H3;2H,1H3/t10-,11?,12?,13-,14+,15?,16?,18-;;5-,6?,8+;;;/m1.0.../s1. The third-order valence-electron chi connectivity index (χ3n) is 9.69. The predicted octanol–water partition coefficient (Wildman–Crippen LogP) is 3.41. The van der Waals surface area contributed by atoms with Crippen LogP contribution in [0, 0.1) is 11.8 Å². The summed E-state index contributed by atoms with van der Waals surface area (Å²) < 4.78 is 26.8. The Morgan fingerprint density at radius 2 is 1.38 bits per heavy atom. The van der Waals surface area contributed by atoms with Crippen LogP contribution >= 0.6 is 0 Å². The number of Topliss-reactive ketones (excluding diaryl/α,β-unsaturated/α-hetero) is 1. The number of esters is 1. The van der Waals surface area contributed by atoms with Crippen molar-refractivity contribution in [2.45, 2.75) is 194 Å². The molecule has 4 aliphatic rings. The molecular weight excluding hydrogens is 688 g/mol. The first-order valence-electron chi connectivity index (χ1n) is 19.5. The van der Waals surface area contributed by atoms with Crippen LogP contribution in [0.5, 0.6) is 0 Å². The van der Waals surface area contributed by atoms with Gasteiger partial charge in [0.1, 0.15) is 30.0 Å². The van der Waals surface area contributed by atoms with Gasteiger partial charge < -0.3 is 59.4 Å². The highest BCUT2D eigenvalue weighted by molar-refractivity contribution is 5.91. The van der Waals surface area contributed by atoms with E-state index < -0.39 is 48.2 Å². The van der Waals surface area contributed by atoms with Crippen LogP contribution in [0.25, 0.3) is 0 Å². The zero-order valence-electron chi connectivity index (χ0n) is 35.9. The second-order valence-electron chi connectivity index (χ2n) is 14.9. The molecule has 14 nitrogen and oxygen atoms in total. The number of methoxy groups -OCH3 is 1. The minimum atomic E-state index is -0.913. The van der Waals surface area contributed by atoms with Crippen molar-refractivity contribution < 1.29 is 58.8 Å². The zero-order chi connectivity index (χ0) is 41.9. The third kappa shape index (κ3) is 18.9. The van der Waals surface area contributed by atoms with Gasteiger partial charge in [-0.05, 0) is 87.4 Å². The van der Waals surface area contributed by atoms with Gasteiger partial charge in [-0.1, -0.05) is 41.5 Å². The lowest BCUT2D eigenvalue weighted by Crippen LogP contribution is -2.53. The van der Waals surface area contributed by atoms with E-state index in [1.807, 2.05) is 69.5 Å². The first kappa shape index (κ1) is 53.8. The van der Waals surface area contributed by atoms with Gasteiger partial charge in [-0.2, -0.15) is 0 Å². The van der Waals surface area contributed by atoms with Crippen molar-refractivity contribution in [3.63, 3.8) is 0 Å². The SMILES string of the molecule is CC.CC.CC1CC(N(C)C)CC(O)O1.CC1C[C@H]2C[C@](C)(O)C[C@@H](C)CNC(C)C(O2)C(O)[C@@H](C)OC1=O.CO.CO[C@]1(C)CC(O)O[C@@H](C)C1=O. The molecule has 8 unspecified atom stereocenters. The van der Waals surface area contributed by atoms with Crippen molar-refractivity contribution >= 4 is 11.8 Å². The monoisotopic (exact) mass is 769 g/mol. The first-order chi connectivity index (χ1) is 24.7. The Morgan fingerprint density at radius 1 is 0.811 bits per heavy atom. The number of rotatable bonds is 2. The van der Waals surface area contributed by atoms with Crippen molar-refractivity contribution in [1.29, 1.82) is 0 Å². The fraction of sp³-hybridized carbons (Fsp3) is 0.949. The highest BCUT2D eigenvalue weighted by Gasteiger charge is 2.44. The fourth-order valence-electron chi connectivity index (χ4n) is 6.84. The molecule has 318 valence electrons. The minimum Gasteiger partial charge on any atom is -0.460 e. The predicted molar refractivity (Wildman–Crippen MR) is 206 cm³/mol. The molecule has 4 fully saturated rings. The van der Waals surface area contributed by atoms with Crippen LogP contribution < -0.4 is 5.32 Å². The summed E-state index contributed by atoms with van der Waals surface area (Å²) in [6.07, 6.45) is -0.670. The third-order valence-corrected chi connectivity index (χ3v) is 9.69. The number of cyclic esters (lactones) is 1. The van der Waals surface area contributed by atoms with E-state index in [1.54, 1.807) is 20.8 Å². The molecule has 0 amide bonds. The summed E-state index contributed by atoms with van der Waals surface area (Å²) in [5, 5.41) is 50.3. The van der Waals surface area contributed by atoms with E-state index >= 15 is 0 Å². The summed E-state index contributed by atoms with van der Waals surface area (Å²) in [5.74, 6) is -0.464. The molecule has 4 heterocycles.